The highest BCUT2D eigenvalue weighted by Crippen LogP contribution is 2.25. The SMILES string of the molecule is CC(=O)Nc1ccc(S(=O)(=O)N(C)c2ccc(OCC(=O)OCC(=O)NC3CC3)cc2)cc1. The van der Waals surface area contributed by atoms with Crippen molar-refractivity contribution in [3.05, 3.63) is 48.5 Å². The Morgan fingerprint density at radius 3 is 2.21 bits per heavy atom. The van der Waals surface area contributed by atoms with Crippen LogP contribution in [0, 0.1) is 0 Å². The van der Waals surface area contributed by atoms with Crippen LogP contribution in [0.1, 0.15) is 19.8 Å². The van der Waals surface area contributed by atoms with Crippen molar-refractivity contribution < 1.29 is 32.3 Å². The maximum atomic E-state index is 12.9. The van der Waals surface area contributed by atoms with Gasteiger partial charge in [0, 0.05) is 25.7 Å². The smallest absolute Gasteiger partial charge is 0.344 e. The Hall–Kier alpha value is -3.60. The van der Waals surface area contributed by atoms with Gasteiger partial charge in [0.2, 0.25) is 5.91 Å². The minimum Gasteiger partial charge on any atom is -0.482 e. The zero-order valence-electron chi connectivity index (χ0n) is 18.2. The largest absolute Gasteiger partial charge is 0.482 e. The van der Waals surface area contributed by atoms with Gasteiger partial charge in [-0.3, -0.25) is 13.9 Å². The number of hydrogen-bond donors (Lipinski definition) is 2. The van der Waals surface area contributed by atoms with Gasteiger partial charge in [0.05, 0.1) is 10.6 Å². The molecule has 0 saturated heterocycles. The van der Waals surface area contributed by atoms with E-state index in [2.05, 4.69) is 10.6 Å². The van der Waals surface area contributed by atoms with Crippen molar-refractivity contribution in [1.29, 1.82) is 0 Å². The van der Waals surface area contributed by atoms with E-state index >= 15 is 0 Å². The number of sulfonamides is 1. The molecule has 1 aliphatic carbocycles. The molecular weight excluding hydrogens is 450 g/mol. The molecule has 0 bridgehead atoms. The number of benzene rings is 2. The van der Waals surface area contributed by atoms with Crippen LogP contribution in [0.4, 0.5) is 11.4 Å². The van der Waals surface area contributed by atoms with Crippen molar-refractivity contribution in [3.63, 3.8) is 0 Å². The first-order chi connectivity index (χ1) is 15.6. The Morgan fingerprint density at radius 2 is 1.64 bits per heavy atom. The number of carbonyl (C=O) groups is 3. The van der Waals surface area contributed by atoms with Gasteiger partial charge in [-0.25, -0.2) is 13.2 Å². The standard InChI is InChI=1S/C22H25N3O7S/c1-15(26)23-16-5-11-20(12-6-16)33(29,30)25(2)18-7-9-19(10-8-18)31-14-22(28)32-13-21(27)24-17-3-4-17/h5-12,17H,3-4,13-14H2,1-2H3,(H,23,26)(H,24,27). The summed E-state index contributed by atoms with van der Waals surface area (Å²) in [5, 5.41) is 5.29. The van der Waals surface area contributed by atoms with Crippen LogP contribution >= 0.6 is 0 Å². The third kappa shape index (κ3) is 6.94. The number of carbonyl (C=O) groups excluding carboxylic acids is 3. The molecule has 1 aliphatic rings. The summed E-state index contributed by atoms with van der Waals surface area (Å²) in [6, 6.07) is 12.1. The molecule has 11 heteroatoms. The number of hydrogen-bond acceptors (Lipinski definition) is 7. The van der Waals surface area contributed by atoms with E-state index in [1.165, 1.54) is 62.5 Å². The Kier molecular flexibility index (Phi) is 7.54. The molecule has 1 saturated carbocycles. The molecule has 176 valence electrons. The van der Waals surface area contributed by atoms with E-state index in [9.17, 15) is 22.8 Å². The molecule has 3 rings (SSSR count). The topological polar surface area (TPSA) is 131 Å². The van der Waals surface area contributed by atoms with E-state index in [-0.39, 0.29) is 36.0 Å². The van der Waals surface area contributed by atoms with Crippen LogP contribution < -0.4 is 19.7 Å². The summed E-state index contributed by atoms with van der Waals surface area (Å²) in [7, 11) is -2.41. The van der Waals surface area contributed by atoms with Crippen molar-refractivity contribution in [2.24, 2.45) is 0 Å². The van der Waals surface area contributed by atoms with Crippen LogP contribution in [-0.4, -0.2) is 52.5 Å². The van der Waals surface area contributed by atoms with Crippen molar-refractivity contribution >= 4 is 39.2 Å². The number of rotatable bonds is 10. The van der Waals surface area contributed by atoms with Gasteiger partial charge in [0.25, 0.3) is 15.9 Å². The normalized spacial score (nSPS) is 13.0. The van der Waals surface area contributed by atoms with Gasteiger partial charge in [-0.1, -0.05) is 0 Å². The quantitative estimate of drug-likeness (QED) is 0.500. The van der Waals surface area contributed by atoms with E-state index < -0.39 is 16.0 Å². The van der Waals surface area contributed by atoms with E-state index in [1.807, 2.05) is 0 Å². The molecule has 0 radical (unpaired) electrons. The lowest BCUT2D eigenvalue weighted by Crippen LogP contribution is -2.31. The minimum atomic E-state index is -3.83. The minimum absolute atomic E-state index is 0.0629. The van der Waals surface area contributed by atoms with Crippen LogP contribution in [0.2, 0.25) is 0 Å². The highest BCUT2D eigenvalue weighted by molar-refractivity contribution is 7.92. The molecule has 2 aromatic carbocycles. The second-order valence-corrected chi connectivity index (χ2v) is 9.43. The Morgan fingerprint density at radius 1 is 1.00 bits per heavy atom. The summed E-state index contributed by atoms with van der Waals surface area (Å²) in [5.74, 6) is -0.947. The fourth-order valence-corrected chi connectivity index (χ4v) is 3.99. The molecular formula is C22H25N3O7S. The Balaban J connectivity index is 1.53. The summed E-state index contributed by atoms with van der Waals surface area (Å²) in [4.78, 5) is 34.4. The third-order valence-electron chi connectivity index (χ3n) is 4.70. The van der Waals surface area contributed by atoms with E-state index in [0.717, 1.165) is 17.1 Å². The predicted molar refractivity (Wildman–Crippen MR) is 120 cm³/mol. The molecule has 0 spiro atoms. The highest BCUT2D eigenvalue weighted by Gasteiger charge is 2.24. The van der Waals surface area contributed by atoms with Crippen LogP contribution in [0.3, 0.4) is 0 Å². The number of ether oxygens (including phenoxy) is 2. The molecule has 2 aromatic rings. The molecule has 10 nitrogen and oxygen atoms in total. The van der Waals surface area contributed by atoms with Crippen molar-refractivity contribution in [2.75, 3.05) is 29.9 Å². The van der Waals surface area contributed by atoms with E-state index in [1.54, 1.807) is 0 Å². The summed E-state index contributed by atoms with van der Waals surface area (Å²) in [5.41, 5.74) is 0.875. The number of amides is 2. The monoisotopic (exact) mass is 475 g/mol. The molecule has 33 heavy (non-hydrogen) atoms. The van der Waals surface area contributed by atoms with E-state index in [4.69, 9.17) is 9.47 Å². The van der Waals surface area contributed by atoms with Crippen LogP contribution in [0.25, 0.3) is 0 Å². The predicted octanol–water partition coefficient (Wildman–Crippen LogP) is 1.67. The highest BCUT2D eigenvalue weighted by atomic mass is 32.2. The van der Waals surface area contributed by atoms with Gasteiger partial charge in [0.15, 0.2) is 13.2 Å². The average Bonchev–Trinajstić information content (AvgIpc) is 3.60. The summed E-state index contributed by atoms with van der Waals surface area (Å²) in [6.45, 7) is 0.625. The maximum absolute atomic E-state index is 12.9. The van der Waals surface area contributed by atoms with Crippen molar-refractivity contribution in [3.8, 4) is 5.75 Å². The number of nitrogens with zero attached hydrogens (tertiary/aromatic N) is 1. The third-order valence-corrected chi connectivity index (χ3v) is 6.50. The lowest BCUT2D eigenvalue weighted by atomic mass is 10.3. The number of esters is 1. The summed E-state index contributed by atoms with van der Waals surface area (Å²) in [6.07, 6.45) is 1.89. The average molecular weight is 476 g/mol. The van der Waals surface area contributed by atoms with Gasteiger partial charge < -0.3 is 20.1 Å². The molecule has 0 aliphatic heterocycles. The molecule has 0 heterocycles. The Bertz CT molecular complexity index is 1110. The molecule has 1 fully saturated rings. The van der Waals surface area contributed by atoms with Gasteiger partial charge in [0.1, 0.15) is 5.75 Å². The second-order valence-electron chi connectivity index (χ2n) is 7.46. The summed E-state index contributed by atoms with van der Waals surface area (Å²) >= 11 is 0. The molecule has 2 amide bonds. The van der Waals surface area contributed by atoms with Gasteiger partial charge >= 0.3 is 5.97 Å². The Labute approximate surface area is 191 Å². The fraction of sp³-hybridized carbons (Fsp3) is 0.318. The van der Waals surface area contributed by atoms with Crippen LogP contribution in [0.15, 0.2) is 53.4 Å². The maximum Gasteiger partial charge on any atom is 0.344 e. The number of nitrogens with one attached hydrogen (secondary N) is 2. The lowest BCUT2D eigenvalue weighted by molar-refractivity contribution is -0.150. The molecule has 0 aromatic heterocycles. The molecule has 0 unspecified atom stereocenters. The van der Waals surface area contributed by atoms with Crippen molar-refractivity contribution in [1.82, 2.24) is 5.32 Å². The second kappa shape index (κ2) is 10.3. The van der Waals surface area contributed by atoms with Crippen LogP contribution in [0.5, 0.6) is 5.75 Å². The van der Waals surface area contributed by atoms with Crippen molar-refractivity contribution in [2.45, 2.75) is 30.7 Å². The first kappa shape index (κ1) is 24.1. The number of anilines is 2. The van der Waals surface area contributed by atoms with Gasteiger partial charge in [-0.2, -0.15) is 0 Å². The van der Waals surface area contributed by atoms with Gasteiger partial charge in [-0.15, -0.1) is 0 Å². The van der Waals surface area contributed by atoms with Crippen LogP contribution in [-0.2, 0) is 29.1 Å². The fourth-order valence-electron chi connectivity index (χ4n) is 2.79. The molecule has 2 N–H and O–H groups in total. The van der Waals surface area contributed by atoms with E-state index in [0.29, 0.717) is 17.1 Å². The summed E-state index contributed by atoms with van der Waals surface area (Å²) < 4.78 is 37.0. The lowest BCUT2D eigenvalue weighted by Gasteiger charge is -2.20. The first-order valence-corrected chi connectivity index (χ1v) is 11.6. The molecule has 0 atom stereocenters. The zero-order chi connectivity index (χ0) is 24.0. The van der Waals surface area contributed by atoms with Gasteiger partial charge in [-0.05, 0) is 61.4 Å². The first-order valence-electron chi connectivity index (χ1n) is 10.2. The zero-order valence-corrected chi connectivity index (χ0v) is 19.1.